The Balaban J connectivity index is 1.10. The van der Waals surface area contributed by atoms with Crippen molar-refractivity contribution in [1.29, 1.82) is 0 Å². The SMILES string of the molecule is CO[C@@H]1C(OC(=O)c2ccccc2)[C@H](O[C@@H]2C(=O)[C@H](OCc3ccccc3)OC3COC(c4ccccc4)O[C@@H]32)OC2COC(c3ccccc3)O[C@@H]21. The van der Waals surface area contributed by atoms with Crippen molar-refractivity contribution in [2.24, 2.45) is 0 Å². The zero-order valence-corrected chi connectivity index (χ0v) is 28.9. The highest BCUT2D eigenvalue weighted by Gasteiger charge is 2.57. The molecule has 5 unspecified atom stereocenters. The first kappa shape index (κ1) is 35.7. The van der Waals surface area contributed by atoms with Gasteiger partial charge in [-0.15, -0.1) is 0 Å². The van der Waals surface area contributed by atoms with Crippen molar-refractivity contribution in [3.8, 4) is 0 Å². The van der Waals surface area contributed by atoms with Crippen LogP contribution < -0.4 is 0 Å². The molecule has 4 heterocycles. The minimum Gasteiger partial charge on any atom is -0.450 e. The topological polar surface area (TPSA) is 126 Å². The number of hydrogen-bond acceptors (Lipinski definition) is 12. The first-order valence-electron chi connectivity index (χ1n) is 17.6. The lowest BCUT2D eigenvalue weighted by molar-refractivity contribution is -0.381. The molecule has 12 nitrogen and oxygen atoms in total. The molecule has 4 aromatic carbocycles. The number of ether oxygens (including phenoxy) is 10. The molecule has 276 valence electrons. The van der Waals surface area contributed by atoms with Gasteiger partial charge in [0.05, 0.1) is 25.4 Å². The first-order chi connectivity index (χ1) is 26.1. The van der Waals surface area contributed by atoms with Gasteiger partial charge in [0, 0.05) is 18.2 Å². The molecule has 0 N–H and O–H groups in total. The van der Waals surface area contributed by atoms with Gasteiger partial charge in [0.25, 0.3) is 0 Å². The number of benzene rings is 4. The van der Waals surface area contributed by atoms with Gasteiger partial charge in [-0.05, 0) is 17.7 Å². The Kier molecular flexibility index (Phi) is 11.0. The normalized spacial score (nSPS) is 32.6. The Morgan fingerprint density at radius 3 is 1.81 bits per heavy atom. The minimum atomic E-state index is -1.32. The number of ketones is 1. The number of hydrogen-bond donors (Lipinski definition) is 0. The molecule has 8 rings (SSSR count). The van der Waals surface area contributed by atoms with Crippen molar-refractivity contribution in [2.45, 2.75) is 74.5 Å². The van der Waals surface area contributed by atoms with Crippen LogP contribution >= 0.6 is 0 Å². The van der Waals surface area contributed by atoms with E-state index in [2.05, 4.69) is 0 Å². The Hall–Kier alpha value is -4.34. The van der Waals surface area contributed by atoms with E-state index in [1.54, 1.807) is 30.3 Å². The number of rotatable bonds is 10. The molecule has 4 aliphatic heterocycles. The number of fused-ring (bicyclic) bond motifs is 2. The van der Waals surface area contributed by atoms with E-state index < -0.39 is 79.6 Å². The summed E-state index contributed by atoms with van der Waals surface area (Å²) in [4.78, 5) is 28.0. The number of Topliss-reactive ketones (excluding diaryl/α,β-unsaturated/α-hetero) is 1. The van der Waals surface area contributed by atoms with Gasteiger partial charge < -0.3 is 47.4 Å². The molecule has 0 bridgehead atoms. The van der Waals surface area contributed by atoms with Crippen LogP contribution in [-0.2, 0) is 58.8 Å². The quantitative estimate of drug-likeness (QED) is 0.203. The average Bonchev–Trinajstić information content (AvgIpc) is 3.22. The van der Waals surface area contributed by atoms with Crippen LogP contribution in [0.4, 0.5) is 0 Å². The summed E-state index contributed by atoms with van der Waals surface area (Å²) in [5, 5.41) is 0. The zero-order valence-electron chi connectivity index (χ0n) is 28.9. The van der Waals surface area contributed by atoms with Crippen LogP contribution in [0.5, 0.6) is 0 Å². The fourth-order valence-corrected chi connectivity index (χ4v) is 6.99. The summed E-state index contributed by atoms with van der Waals surface area (Å²) in [5.41, 5.74) is 2.73. The molecule has 0 saturated carbocycles. The van der Waals surface area contributed by atoms with Gasteiger partial charge in [-0.1, -0.05) is 109 Å². The number of carbonyl (C=O) groups excluding carboxylic acids is 2. The molecule has 53 heavy (non-hydrogen) atoms. The fraction of sp³-hybridized carbons (Fsp3) is 0.366. The molecule has 0 aromatic heterocycles. The summed E-state index contributed by atoms with van der Waals surface area (Å²) in [6.07, 6.45) is -10.6. The van der Waals surface area contributed by atoms with Gasteiger partial charge in [0.1, 0.15) is 30.5 Å². The highest BCUT2D eigenvalue weighted by Crippen LogP contribution is 2.40. The molecule has 0 radical (unpaired) electrons. The molecule has 0 amide bonds. The van der Waals surface area contributed by atoms with E-state index in [1.165, 1.54) is 7.11 Å². The van der Waals surface area contributed by atoms with Crippen molar-refractivity contribution in [1.82, 2.24) is 0 Å². The van der Waals surface area contributed by atoms with Crippen LogP contribution in [-0.4, -0.2) is 87.4 Å². The maximum atomic E-state index is 14.4. The van der Waals surface area contributed by atoms with E-state index in [0.29, 0.717) is 5.56 Å². The lowest BCUT2D eigenvalue weighted by Gasteiger charge is -2.50. The summed E-state index contributed by atoms with van der Waals surface area (Å²) in [6.45, 7) is 0.314. The lowest BCUT2D eigenvalue weighted by Crippen LogP contribution is -2.67. The molecule has 4 saturated heterocycles. The zero-order chi connectivity index (χ0) is 36.1. The maximum Gasteiger partial charge on any atom is 0.338 e. The van der Waals surface area contributed by atoms with Crippen LogP contribution in [0.1, 0.15) is 39.6 Å². The fourth-order valence-electron chi connectivity index (χ4n) is 6.99. The van der Waals surface area contributed by atoms with E-state index >= 15 is 0 Å². The van der Waals surface area contributed by atoms with Gasteiger partial charge in [-0.2, -0.15) is 0 Å². The summed E-state index contributed by atoms with van der Waals surface area (Å²) in [5.74, 6) is -1.16. The third-order valence-corrected chi connectivity index (χ3v) is 9.65. The van der Waals surface area contributed by atoms with Crippen LogP contribution in [0.3, 0.4) is 0 Å². The molecule has 11 atom stereocenters. The highest BCUT2D eigenvalue weighted by molar-refractivity contribution is 5.89. The second kappa shape index (κ2) is 16.4. The summed E-state index contributed by atoms with van der Waals surface area (Å²) < 4.78 is 62.6. The lowest BCUT2D eigenvalue weighted by atomic mass is 9.95. The first-order valence-corrected chi connectivity index (χ1v) is 17.6. The van der Waals surface area contributed by atoms with Crippen molar-refractivity contribution < 1.29 is 57.0 Å². The third kappa shape index (κ3) is 7.83. The summed E-state index contributed by atoms with van der Waals surface area (Å²) >= 11 is 0. The molecular formula is C41H40O12. The average molecular weight is 725 g/mol. The Bertz CT molecular complexity index is 1800. The second-order valence-electron chi connectivity index (χ2n) is 13.1. The molecule has 4 fully saturated rings. The second-order valence-corrected chi connectivity index (χ2v) is 13.1. The maximum absolute atomic E-state index is 14.4. The molecule has 4 aromatic rings. The van der Waals surface area contributed by atoms with E-state index in [-0.39, 0.29) is 19.8 Å². The van der Waals surface area contributed by atoms with Crippen LogP contribution in [0.15, 0.2) is 121 Å². The monoisotopic (exact) mass is 724 g/mol. The molecular weight excluding hydrogens is 684 g/mol. The van der Waals surface area contributed by atoms with E-state index in [1.807, 2.05) is 91.0 Å². The van der Waals surface area contributed by atoms with Gasteiger partial charge in [0.2, 0.25) is 12.1 Å². The molecule has 4 aliphatic rings. The highest BCUT2D eigenvalue weighted by atomic mass is 16.8. The van der Waals surface area contributed by atoms with Gasteiger partial charge in [-0.25, -0.2) is 4.79 Å². The Morgan fingerprint density at radius 2 is 1.21 bits per heavy atom. The smallest absolute Gasteiger partial charge is 0.338 e. The molecule has 12 heteroatoms. The Morgan fingerprint density at radius 1 is 0.660 bits per heavy atom. The summed E-state index contributed by atoms with van der Waals surface area (Å²) in [7, 11) is 1.50. The standard InChI is InChI=1S/C41H40O12/c1-44-35-33-30(24-47-39(52-33)28-20-12-5-13-21-28)49-41(36(35)50-37(43)26-16-8-3-9-17-26)53-34-31(42)40(45-22-25-14-6-2-7-15-25)48-29-23-46-38(51-32(29)34)27-18-10-4-11-19-27/h2-21,29-30,32-36,38-41H,22-24H2,1H3/t29?,30?,32-,33-,34+,35-,36?,38?,39?,40+,41-/m0/s1. The molecule has 0 aliphatic carbocycles. The van der Waals surface area contributed by atoms with E-state index in [0.717, 1.165) is 16.7 Å². The number of methoxy groups -OCH3 is 1. The molecule has 0 spiro atoms. The van der Waals surface area contributed by atoms with Crippen LogP contribution in [0.25, 0.3) is 0 Å². The van der Waals surface area contributed by atoms with Crippen molar-refractivity contribution in [3.63, 3.8) is 0 Å². The Labute approximate surface area is 306 Å². The predicted octanol–water partition coefficient (Wildman–Crippen LogP) is 5.08. The van der Waals surface area contributed by atoms with Gasteiger partial charge >= 0.3 is 5.97 Å². The minimum absolute atomic E-state index is 0.0917. The van der Waals surface area contributed by atoms with Gasteiger partial charge in [0.15, 0.2) is 31.1 Å². The predicted molar refractivity (Wildman–Crippen MR) is 185 cm³/mol. The van der Waals surface area contributed by atoms with E-state index in [9.17, 15) is 9.59 Å². The van der Waals surface area contributed by atoms with Crippen molar-refractivity contribution >= 4 is 11.8 Å². The van der Waals surface area contributed by atoms with Crippen molar-refractivity contribution in [2.75, 3.05) is 20.3 Å². The number of esters is 1. The van der Waals surface area contributed by atoms with Gasteiger partial charge in [-0.3, -0.25) is 4.79 Å². The van der Waals surface area contributed by atoms with E-state index in [4.69, 9.17) is 47.4 Å². The number of carbonyl (C=O) groups is 2. The van der Waals surface area contributed by atoms with Crippen molar-refractivity contribution in [3.05, 3.63) is 144 Å². The van der Waals surface area contributed by atoms with Crippen LogP contribution in [0.2, 0.25) is 0 Å². The summed E-state index contributed by atoms with van der Waals surface area (Å²) in [6, 6.07) is 36.9. The third-order valence-electron chi connectivity index (χ3n) is 9.65. The largest absolute Gasteiger partial charge is 0.450 e. The van der Waals surface area contributed by atoms with Crippen LogP contribution in [0, 0.1) is 0 Å².